The van der Waals surface area contributed by atoms with Crippen LogP contribution in [-0.4, -0.2) is 34.1 Å². The summed E-state index contributed by atoms with van der Waals surface area (Å²) in [5, 5.41) is 12.0. The Labute approximate surface area is 131 Å². The van der Waals surface area contributed by atoms with Crippen LogP contribution in [0.1, 0.15) is 10.4 Å². The molecule has 0 saturated carbocycles. The van der Waals surface area contributed by atoms with Gasteiger partial charge < -0.3 is 10.4 Å². The minimum Gasteiger partial charge on any atom is -0.395 e. The lowest BCUT2D eigenvalue weighted by molar-refractivity contribution is 0.0946. The van der Waals surface area contributed by atoms with Gasteiger partial charge in [-0.05, 0) is 18.2 Å². The monoisotopic (exact) mass is 311 g/mol. The van der Waals surface area contributed by atoms with E-state index in [2.05, 4.69) is 15.3 Å². The van der Waals surface area contributed by atoms with Crippen molar-refractivity contribution in [1.29, 1.82) is 0 Å². The smallest absolute Gasteiger partial charge is 0.252 e. The van der Waals surface area contributed by atoms with Crippen LogP contribution < -0.4 is 5.32 Å². The van der Waals surface area contributed by atoms with E-state index in [4.69, 9.17) is 5.11 Å². The van der Waals surface area contributed by atoms with Gasteiger partial charge in [0.25, 0.3) is 5.91 Å². The van der Waals surface area contributed by atoms with Crippen LogP contribution >= 0.6 is 0 Å². The predicted molar refractivity (Wildman–Crippen MR) is 84.4 cm³/mol. The maximum atomic E-state index is 14.6. The van der Waals surface area contributed by atoms with E-state index in [0.29, 0.717) is 16.6 Å². The first-order chi connectivity index (χ1) is 11.2. The Balaban J connectivity index is 2.29. The number of carbonyl (C=O) groups is 1. The van der Waals surface area contributed by atoms with Crippen molar-refractivity contribution in [2.24, 2.45) is 0 Å². The molecular weight excluding hydrogens is 297 g/mol. The van der Waals surface area contributed by atoms with Crippen LogP contribution in [0.4, 0.5) is 4.39 Å². The maximum absolute atomic E-state index is 14.6. The number of hydrogen-bond acceptors (Lipinski definition) is 4. The molecule has 2 heterocycles. The fourth-order valence-corrected chi connectivity index (χ4v) is 2.42. The molecule has 5 nitrogen and oxygen atoms in total. The standard InChI is InChI=1S/C17H14FN3O2/c18-16-15(13-7-3-4-8-19-13)14(17(23)20-9-10-22)11-5-1-2-6-12(11)21-16/h1-8,22H,9-10H2,(H,20,23). The number of nitrogens with zero attached hydrogens (tertiary/aromatic N) is 2. The number of hydrogen-bond donors (Lipinski definition) is 2. The third-order valence-corrected chi connectivity index (χ3v) is 3.39. The largest absolute Gasteiger partial charge is 0.395 e. The highest BCUT2D eigenvalue weighted by atomic mass is 19.1. The summed E-state index contributed by atoms with van der Waals surface area (Å²) in [4.78, 5) is 20.6. The van der Waals surface area contributed by atoms with E-state index in [1.165, 1.54) is 6.20 Å². The van der Waals surface area contributed by atoms with Crippen molar-refractivity contribution in [2.75, 3.05) is 13.2 Å². The number of aliphatic hydroxyl groups excluding tert-OH is 1. The van der Waals surface area contributed by atoms with Crippen LogP contribution in [0, 0.1) is 5.95 Å². The number of aliphatic hydroxyl groups is 1. The number of fused-ring (bicyclic) bond motifs is 1. The molecule has 1 amide bonds. The summed E-state index contributed by atoms with van der Waals surface area (Å²) in [6, 6.07) is 11.9. The normalized spacial score (nSPS) is 10.7. The second-order valence-corrected chi connectivity index (χ2v) is 4.86. The fourth-order valence-electron chi connectivity index (χ4n) is 2.42. The van der Waals surface area contributed by atoms with Crippen LogP contribution in [0.25, 0.3) is 22.2 Å². The highest BCUT2D eigenvalue weighted by molar-refractivity contribution is 6.11. The molecule has 2 aromatic heterocycles. The first-order valence-corrected chi connectivity index (χ1v) is 7.11. The number of aromatic nitrogens is 2. The molecule has 0 aliphatic heterocycles. The molecule has 0 spiro atoms. The fraction of sp³-hybridized carbons (Fsp3) is 0.118. The Bertz CT molecular complexity index is 853. The van der Waals surface area contributed by atoms with Gasteiger partial charge in [-0.3, -0.25) is 9.78 Å². The lowest BCUT2D eigenvalue weighted by Gasteiger charge is -2.13. The molecule has 0 radical (unpaired) electrons. The number of benzene rings is 1. The summed E-state index contributed by atoms with van der Waals surface area (Å²) in [6.45, 7) is -0.116. The molecule has 23 heavy (non-hydrogen) atoms. The Hall–Kier alpha value is -2.86. The van der Waals surface area contributed by atoms with Gasteiger partial charge in [-0.2, -0.15) is 4.39 Å². The van der Waals surface area contributed by atoms with Crippen molar-refractivity contribution in [3.63, 3.8) is 0 Å². The van der Waals surface area contributed by atoms with Crippen molar-refractivity contribution in [1.82, 2.24) is 15.3 Å². The molecule has 3 rings (SSSR count). The van der Waals surface area contributed by atoms with Gasteiger partial charge in [-0.1, -0.05) is 24.3 Å². The zero-order valence-electron chi connectivity index (χ0n) is 12.2. The number of rotatable bonds is 4. The molecule has 6 heteroatoms. The molecule has 0 fully saturated rings. The zero-order valence-corrected chi connectivity index (χ0v) is 12.2. The topological polar surface area (TPSA) is 75.1 Å². The molecule has 0 saturated heterocycles. The molecule has 0 aliphatic carbocycles. The lowest BCUT2D eigenvalue weighted by atomic mass is 9.99. The van der Waals surface area contributed by atoms with Gasteiger partial charge in [0.05, 0.1) is 28.9 Å². The van der Waals surface area contributed by atoms with Gasteiger partial charge >= 0.3 is 0 Å². The number of para-hydroxylation sites is 1. The van der Waals surface area contributed by atoms with Crippen LogP contribution in [-0.2, 0) is 0 Å². The van der Waals surface area contributed by atoms with Gasteiger partial charge in [0, 0.05) is 18.1 Å². The second kappa shape index (κ2) is 6.50. The van der Waals surface area contributed by atoms with E-state index in [-0.39, 0.29) is 24.3 Å². The zero-order chi connectivity index (χ0) is 16.2. The van der Waals surface area contributed by atoms with E-state index in [1.54, 1.807) is 42.5 Å². The Morgan fingerprint density at radius 2 is 1.96 bits per heavy atom. The predicted octanol–water partition coefficient (Wildman–Crippen LogP) is 2.16. The number of halogens is 1. The number of pyridine rings is 2. The highest BCUT2D eigenvalue weighted by Gasteiger charge is 2.22. The summed E-state index contributed by atoms with van der Waals surface area (Å²) in [5.41, 5.74) is 0.941. The summed E-state index contributed by atoms with van der Waals surface area (Å²) in [6.07, 6.45) is 1.53. The minimum absolute atomic E-state index is 0.0553. The molecule has 0 unspecified atom stereocenters. The lowest BCUT2D eigenvalue weighted by Crippen LogP contribution is -2.27. The minimum atomic E-state index is -0.753. The van der Waals surface area contributed by atoms with Crippen molar-refractivity contribution >= 4 is 16.8 Å². The van der Waals surface area contributed by atoms with E-state index >= 15 is 0 Å². The van der Waals surface area contributed by atoms with Gasteiger partial charge in [-0.25, -0.2) is 4.98 Å². The molecule has 0 bridgehead atoms. The van der Waals surface area contributed by atoms with Gasteiger partial charge in [0.15, 0.2) is 0 Å². The molecular formula is C17H14FN3O2. The van der Waals surface area contributed by atoms with Crippen LogP contribution in [0.2, 0.25) is 0 Å². The first-order valence-electron chi connectivity index (χ1n) is 7.11. The molecule has 3 aromatic rings. The van der Waals surface area contributed by atoms with Crippen molar-refractivity contribution in [2.45, 2.75) is 0 Å². The number of amides is 1. The molecule has 1 aromatic carbocycles. The van der Waals surface area contributed by atoms with E-state index in [9.17, 15) is 9.18 Å². The van der Waals surface area contributed by atoms with E-state index in [0.717, 1.165) is 0 Å². The average Bonchev–Trinajstić information content (AvgIpc) is 2.59. The quantitative estimate of drug-likeness (QED) is 0.724. The van der Waals surface area contributed by atoms with E-state index < -0.39 is 11.9 Å². The van der Waals surface area contributed by atoms with Crippen molar-refractivity contribution in [3.8, 4) is 11.3 Å². The van der Waals surface area contributed by atoms with Crippen LogP contribution in [0.15, 0.2) is 48.7 Å². The van der Waals surface area contributed by atoms with Crippen molar-refractivity contribution < 1.29 is 14.3 Å². The Morgan fingerprint density at radius 1 is 1.17 bits per heavy atom. The molecule has 2 N–H and O–H groups in total. The average molecular weight is 311 g/mol. The number of nitrogens with one attached hydrogen (secondary N) is 1. The summed E-state index contributed by atoms with van der Waals surface area (Å²) < 4.78 is 14.6. The van der Waals surface area contributed by atoms with Crippen LogP contribution in [0.5, 0.6) is 0 Å². The Morgan fingerprint density at radius 3 is 2.70 bits per heavy atom. The summed E-state index contributed by atoms with van der Waals surface area (Å²) in [7, 11) is 0. The summed E-state index contributed by atoms with van der Waals surface area (Å²) in [5.74, 6) is -1.23. The summed E-state index contributed by atoms with van der Waals surface area (Å²) >= 11 is 0. The molecule has 0 aliphatic rings. The van der Waals surface area contributed by atoms with E-state index in [1.807, 2.05) is 0 Å². The number of carbonyl (C=O) groups excluding carboxylic acids is 1. The SMILES string of the molecule is O=C(NCCO)c1c(-c2ccccn2)c(F)nc2ccccc12. The third-order valence-electron chi connectivity index (χ3n) is 3.39. The maximum Gasteiger partial charge on any atom is 0.252 e. The Kier molecular flexibility index (Phi) is 4.25. The van der Waals surface area contributed by atoms with Gasteiger partial charge in [-0.15, -0.1) is 0 Å². The molecule has 116 valence electrons. The highest BCUT2D eigenvalue weighted by Crippen LogP contribution is 2.30. The molecule has 0 atom stereocenters. The van der Waals surface area contributed by atoms with Crippen molar-refractivity contribution in [3.05, 3.63) is 60.2 Å². The second-order valence-electron chi connectivity index (χ2n) is 4.86. The van der Waals surface area contributed by atoms with Gasteiger partial charge in [0.2, 0.25) is 5.95 Å². The van der Waals surface area contributed by atoms with Gasteiger partial charge in [0.1, 0.15) is 0 Å². The van der Waals surface area contributed by atoms with Crippen LogP contribution in [0.3, 0.4) is 0 Å². The first kappa shape index (κ1) is 15.1. The third kappa shape index (κ3) is 2.89.